The molecule has 5 heteroatoms. The number of aromatic nitrogens is 1. The number of nitrogens with zero attached hydrogens (tertiary/aromatic N) is 2. The fourth-order valence-corrected chi connectivity index (χ4v) is 1.76. The number of rotatable bonds is 7. The molecule has 0 bridgehead atoms. The van der Waals surface area contributed by atoms with Crippen molar-refractivity contribution in [1.82, 2.24) is 15.6 Å². The highest BCUT2D eigenvalue weighted by Gasteiger charge is 2.13. The van der Waals surface area contributed by atoms with Crippen molar-refractivity contribution < 1.29 is 4.79 Å². The monoisotopic (exact) mass is 264 g/mol. The third kappa shape index (κ3) is 4.87. The van der Waals surface area contributed by atoms with Crippen LogP contribution >= 0.6 is 0 Å². The van der Waals surface area contributed by atoms with E-state index >= 15 is 0 Å². The maximum absolute atomic E-state index is 11.5. The van der Waals surface area contributed by atoms with Crippen LogP contribution in [0.2, 0.25) is 0 Å². The summed E-state index contributed by atoms with van der Waals surface area (Å²) in [6.45, 7) is 8.08. The summed E-state index contributed by atoms with van der Waals surface area (Å²) in [5.41, 5.74) is 1.11. The standard InChI is InChI=1S/C14H24N4O/c1-5-18(10-13(19)15-4)14-12(7-6-8-16-14)9-17-11(2)3/h6-8,11,17H,5,9-10H2,1-4H3,(H,15,19). The Hall–Kier alpha value is -1.62. The number of carbonyl (C=O) groups is 1. The lowest BCUT2D eigenvalue weighted by Crippen LogP contribution is -2.37. The van der Waals surface area contributed by atoms with E-state index in [4.69, 9.17) is 0 Å². The van der Waals surface area contributed by atoms with Crippen molar-refractivity contribution in [2.45, 2.75) is 33.4 Å². The number of hydrogen-bond acceptors (Lipinski definition) is 4. The van der Waals surface area contributed by atoms with Gasteiger partial charge in [0.05, 0.1) is 6.54 Å². The van der Waals surface area contributed by atoms with Gasteiger partial charge in [0.1, 0.15) is 5.82 Å². The lowest BCUT2D eigenvalue weighted by molar-refractivity contribution is -0.119. The van der Waals surface area contributed by atoms with Crippen molar-refractivity contribution in [1.29, 1.82) is 0 Å². The molecule has 0 aliphatic carbocycles. The molecule has 0 saturated carbocycles. The van der Waals surface area contributed by atoms with Crippen LogP contribution in [-0.4, -0.2) is 37.1 Å². The molecule has 106 valence electrons. The van der Waals surface area contributed by atoms with E-state index in [1.807, 2.05) is 24.0 Å². The van der Waals surface area contributed by atoms with Crippen LogP contribution in [0.15, 0.2) is 18.3 Å². The Morgan fingerprint density at radius 2 is 2.21 bits per heavy atom. The first-order valence-electron chi connectivity index (χ1n) is 6.71. The van der Waals surface area contributed by atoms with Crippen LogP contribution in [0.4, 0.5) is 5.82 Å². The summed E-state index contributed by atoms with van der Waals surface area (Å²) in [5.74, 6) is 0.872. The predicted octanol–water partition coefficient (Wildman–Crippen LogP) is 1.15. The molecule has 1 heterocycles. The van der Waals surface area contributed by atoms with Crippen LogP contribution in [0.1, 0.15) is 26.3 Å². The van der Waals surface area contributed by atoms with Crippen LogP contribution in [0.5, 0.6) is 0 Å². The molecule has 1 aromatic rings. The largest absolute Gasteiger partial charge is 0.358 e. The molecule has 2 N–H and O–H groups in total. The van der Waals surface area contributed by atoms with Crippen molar-refractivity contribution >= 4 is 11.7 Å². The summed E-state index contributed by atoms with van der Waals surface area (Å²) in [6, 6.07) is 4.39. The van der Waals surface area contributed by atoms with Crippen molar-refractivity contribution in [2.24, 2.45) is 0 Å². The summed E-state index contributed by atoms with van der Waals surface area (Å²) in [7, 11) is 1.65. The van der Waals surface area contributed by atoms with Gasteiger partial charge in [0.25, 0.3) is 0 Å². The van der Waals surface area contributed by atoms with E-state index in [2.05, 4.69) is 29.5 Å². The topological polar surface area (TPSA) is 57.3 Å². The van der Waals surface area contributed by atoms with Gasteiger partial charge >= 0.3 is 0 Å². The van der Waals surface area contributed by atoms with Gasteiger partial charge in [-0.2, -0.15) is 0 Å². The molecule has 1 aromatic heterocycles. The number of amides is 1. The van der Waals surface area contributed by atoms with E-state index in [9.17, 15) is 4.79 Å². The van der Waals surface area contributed by atoms with Gasteiger partial charge < -0.3 is 15.5 Å². The minimum atomic E-state index is -0.00438. The van der Waals surface area contributed by atoms with Crippen molar-refractivity contribution in [3.8, 4) is 0 Å². The van der Waals surface area contributed by atoms with E-state index in [1.165, 1.54) is 0 Å². The normalized spacial score (nSPS) is 10.6. The lowest BCUT2D eigenvalue weighted by Gasteiger charge is -2.24. The van der Waals surface area contributed by atoms with Gasteiger partial charge in [0.15, 0.2) is 0 Å². The van der Waals surface area contributed by atoms with Gasteiger partial charge in [-0.3, -0.25) is 4.79 Å². The molecular weight excluding hydrogens is 240 g/mol. The second-order valence-electron chi connectivity index (χ2n) is 4.71. The quantitative estimate of drug-likeness (QED) is 0.776. The Labute approximate surface area is 115 Å². The van der Waals surface area contributed by atoms with E-state index < -0.39 is 0 Å². The van der Waals surface area contributed by atoms with Crippen LogP contribution in [-0.2, 0) is 11.3 Å². The van der Waals surface area contributed by atoms with Gasteiger partial charge in [-0.15, -0.1) is 0 Å². The highest BCUT2D eigenvalue weighted by molar-refractivity contribution is 5.80. The molecule has 0 spiro atoms. The minimum absolute atomic E-state index is 0.00438. The molecule has 19 heavy (non-hydrogen) atoms. The maximum atomic E-state index is 11.5. The van der Waals surface area contributed by atoms with Crippen LogP contribution in [0, 0.1) is 0 Å². The fourth-order valence-electron chi connectivity index (χ4n) is 1.76. The average molecular weight is 264 g/mol. The Bertz CT molecular complexity index is 406. The molecule has 0 aromatic carbocycles. The first kappa shape index (κ1) is 15.4. The third-order valence-electron chi connectivity index (χ3n) is 2.86. The molecule has 1 amide bonds. The molecule has 0 radical (unpaired) electrons. The summed E-state index contributed by atoms with van der Waals surface area (Å²) < 4.78 is 0. The summed E-state index contributed by atoms with van der Waals surface area (Å²) in [6.07, 6.45) is 1.76. The van der Waals surface area contributed by atoms with Gasteiger partial charge in [-0.05, 0) is 13.0 Å². The molecule has 0 unspecified atom stereocenters. The number of pyridine rings is 1. The Balaban J connectivity index is 2.86. The molecule has 0 aliphatic rings. The highest BCUT2D eigenvalue weighted by atomic mass is 16.1. The third-order valence-corrected chi connectivity index (χ3v) is 2.86. The zero-order valence-corrected chi connectivity index (χ0v) is 12.2. The first-order chi connectivity index (χ1) is 9.08. The van der Waals surface area contributed by atoms with Gasteiger partial charge in [0.2, 0.25) is 5.91 Å². The molecule has 0 aliphatic heterocycles. The number of hydrogen-bond donors (Lipinski definition) is 2. The second kappa shape index (κ2) is 7.74. The summed E-state index contributed by atoms with van der Waals surface area (Å²) in [4.78, 5) is 17.9. The number of anilines is 1. The molecule has 0 saturated heterocycles. The molecule has 1 rings (SSSR count). The molecule has 5 nitrogen and oxygen atoms in total. The number of nitrogens with one attached hydrogen (secondary N) is 2. The van der Waals surface area contributed by atoms with Gasteiger partial charge in [0, 0.05) is 37.9 Å². The van der Waals surface area contributed by atoms with Gasteiger partial charge in [-0.25, -0.2) is 4.98 Å². The minimum Gasteiger partial charge on any atom is -0.358 e. The summed E-state index contributed by atoms with van der Waals surface area (Å²) in [5, 5.41) is 6.03. The molecule has 0 atom stereocenters. The SMILES string of the molecule is CCN(CC(=O)NC)c1ncccc1CNC(C)C. The first-order valence-corrected chi connectivity index (χ1v) is 6.71. The van der Waals surface area contributed by atoms with Crippen LogP contribution in [0.25, 0.3) is 0 Å². The van der Waals surface area contributed by atoms with Gasteiger partial charge in [-0.1, -0.05) is 19.9 Å². The van der Waals surface area contributed by atoms with Crippen molar-refractivity contribution in [2.75, 3.05) is 25.0 Å². The molecule has 0 fully saturated rings. The highest BCUT2D eigenvalue weighted by Crippen LogP contribution is 2.16. The van der Waals surface area contributed by atoms with Crippen LogP contribution in [0.3, 0.4) is 0 Å². The zero-order chi connectivity index (χ0) is 14.3. The van der Waals surface area contributed by atoms with Crippen LogP contribution < -0.4 is 15.5 Å². The smallest absolute Gasteiger partial charge is 0.239 e. The zero-order valence-electron chi connectivity index (χ0n) is 12.2. The van der Waals surface area contributed by atoms with E-state index in [-0.39, 0.29) is 5.91 Å². The fraction of sp³-hybridized carbons (Fsp3) is 0.571. The maximum Gasteiger partial charge on any atom is 0.239 e. The Morgan fingerprint density at radius 3 is 2.79 bits per heavy atom. The Morgan fingerprint density at radius 1 is 1.47 bits per heavy atom. The summed E-state index contributed by atoms with van der Waals surface area (Å²) >= 11 is 0. The average Bonchev–Trinajstić information content (AvgIpc) is 2.42. The van der Waals surface area contributed by atoms with Crippen molar-refractivity contribution in [3.63, 3.8) is 0 Å². The lowest BCUT2D eigenvalue weighted by atomic mass is 10.2. The Kier molecular flexibility index (Phi) is 6.29. The number of likely N-dealkylation sites (N-methyl/N-ethyl adjacent to an activating group) is 2. The van der Waals surface area contributed by atoms with Crippen molar-refractivity contribution in [3.05, 3.63) is 23.9 Å². The predicted molar refractivity (Wildman–Crippen MR) is 78.2 cm³/mol. The van der Waals surface area contributed by atoms with E-state index in [1.54, 1.807) is 13.2 Å². The van der Waals surface area contributed by atoms with E-state index in [0.717, 1.165) is 24.5 Å². The van der Waals surface area contributed by atoms with E-state index in [0.29, 0.717) is 12.6 Å². The number of carbonyl (C=O) groups excluding carboxylic acids is 1. The molecular formula is C14H24N4O. The second-order valence-corrected chi connectivity index (χ2v) is 4.71.